The first-order valence-electron chi connectivity index (χ1n) is 13.2. The number of methoxy groups -OCH3 is 1. The zero-order valence-corrected chi connectivity index (χ0v) is 25.8. The zero-order valence-electron chi connectivity index (χ0n) is 25.0. The van der Waals surface area contributed by atoms with E-state index in [4.69, 9.17) is 34.0 Å². The number of hydrogen-bond acceptors (Lipinski definition) is 14. The van der Waals surface area contributed by atoms with Crippen molar-refractivity contribution in [1.29, 1.82) is 0 Å². The van der Waals surface area contributed by atoms with E-state index in [0.717, 1.165) is 52.1 Å². The van der Waals surface area contributed by atoms with Crippen LogP contribution in [-0.2, 0) is 57.2 Å². The summed E-state index contributed by atoms with van der Waals surface area (Å²) in [5.74, 6) is -5.09. The molecule has 240 valence electrons. The van der Waals surface area contributed by atoms with Crippen LogP contribution in [0.2, 0.25) is 0 Å². The highest BCUT2D eigenvalue weighted by Crippen LogP contribution is 2.46. The second-order valence-electron chi connectivity index (χ2n) is 9.60. The van der Waals surface area contributed by atoms with Crippen molar-refractivity contribution in [3.05, 3.63) is 40.3 Å². The lowest BCUT2D eigenvalue weighted by Crippen LogP contribution is -2.68. The summed E-state index contributed by atoms with van der Waals surface area (Å²) in [6.07, 6.45) is -6.50. The highest BCUT2D eigenvalue weighted by molar-refractivity contribution is 8.01. The molecule has 0 unspecified atom stereocenters. The molecule has 1 aromatic carbocycles. The first kappa shape index (κ1) is 35.9. The maximum atomic E-state index is 13.5. The summed E-state index contributed by atoms with van der Waals surface area (Å²) in [4.78, 5) is 75.6. The van der Waals surface area contributed by atoms with E-state index in [9.17, 15) is 28.8 Å². The molecule has 17 heteroatoms. The Hall–Kier alpha value is -4.34. The Bertz CT molecular complexity index is 1280. The first-order chi connectivity index (χ1) is 20.7. The fourth-order valence-electron chi connectivity index (χ4n) is 4.39. The van der Waals surface area contributed by atoms with E-state index in [2.05, 4.69) is 15.3 Å². The van der Waals surface area contributed by atoms with Gasteiger partial charge in [-0.05, 0) is 24.6 Å². The molecule has 1 aliphatic rings. The van der Waals surface area contributed by atoms with E-state index in [1.165, 1.54) is 0 Å². The zero-order chi connectivity index (χ0) is 33.0. The number of hydrogen-bond donors (Lipinski definition) is 1. The van der Waals surface area contributed by atoms with Gasteiger partial charge in [-0.3, -0.25) is 24.0 Å². The molecule has 1 aliphatic heterocycles. The molecular weight excluding hydrogens is 604 g/mol. The minimum Gasteiger partial charge on any atom is -0.466 e. The molecule has 1 N–H and O–H groups in total. The van der Waals surface area contributed by atoms with Crippen LogP contribution in [0, 0.1) is 6.92 Å². The van der Waals surface area contributed by atoms with E-state index in [1.54, 1.807) is 24.3 Å². The third kappa shape index (κ3) is 10.4. The minimum atomic E-state index is -1.98. The molecule has 0 saturated carbocycles. The molecule has 1 fully saturated rings. The van der Waals surface area contributed by atoms with E-state index in [-0.39, 0.29) is 6.42 Å². The maximum Gasteiger partial charge on any atom is 0.349 e. The van der Waals surface area contributed by atoms with Gasteiger partial charge < -0.3 is 33.7 Å². The molecule has 1 heterocycles. The fraction of sp³-hybridized carbons (Fsp3) is 0.556. The van der Waals surface area contributed by atoms with Gasteiger partial charge in [0.25, 0.3) is 5.91 Å². The molecule has 16 nitrogen and oxygen atoms in total. The van der Waals surface area contributed by atoms with Gasteiger partial charge in [0.15, 0.2) is 12.7 Å². The smallest absolute Gasteiger partial charge is 0.349 e. The number of esters is 5. The predicted octanol–water partition coefficient (Wildman–Crippen LogP) is 1.90. The number of benzene rings is 1. The third-order valence-corrected chi connectivity index (χ3v) is 7.30. The molecule has 6 atom stereocenters. The molecule has 0 aromatic heterocycles. The number of amides is 1. The standard InChI is InChI=1S/C27H34N4O12S/c1-14-7-9-19(10-8-14)44-27(26(37)38-6)11-20(40-16(3)33)23(30-22(36)13-39-15(2)32)25(43-27)24(42-18(5)35)21(12-29-31-28)41-17(4)34/h7-10,20-21,23-25H,11-13H2,1-6H3,(H,30,36)/t20-,21+,23+,24+,25+,27+/m0/s1. The van der Waals surface area contributed by atoms with E-state index in [1.807, 2.05) is 6.92 Å². The van der Waals surface area contributed by atoms with E-state index >= 15 is 0 Å². The molecule has 44 heavy (non-hydrogen) atoms. The summed E-state index contributed by atoms with van der Waals surface area (Å²) in [7, 11) is 1.11. The van der Waals surface area contributed by atoms with E-state index in [0.29, 0.717) is 4.90 Å². The van der Waals surface area contributed by atoms with Crippen LogP contribution in [0.5, 0.6) is 0 Å². The minimum absolute atomic E-state index is 0.381. The van der Waals surface area contributed by atoms with Gasteiger partial charge in [0.05, 0.1) is 19.7 Å². The quantitative estimate of drug-likeness (QED) is 0.107. The van der Waals surface area contributed by atoms with Gasteiger partial charge >= 0.3 is 29.8 Å². The number of azide groups is 1. The lowest BCUT2D eigenvalue weighted by atomic mass is 9.89. The van der Waals surface area contributed by atoms with Gasteiger partial charge in [0.1, 0.15) is 18.3 Å². The highest BCUT2D eigenvalue weighted by Gasteiger charge is 2.58. The van der Waals surface area contributed by atoms with Crippen LogP contribution in [-0.4, -0.2) is 91.4 Å². The molecule has 1 saturated heterocycles. The summed E-state index contributed by atoms with van der Waals surface area (Å²) in [5, 5.41) is 5.99. The average Bonchev–Trinajstić information content (AvgIpc) is 2.94. The Balaban J connectivity index is 2.80. The number of ether oxygens (including phenoxy) is 6. The molecule has 0 aliphatic carbocycles. The summed E-state index contributed by atoms with van der Waals surface area (Å²) in [5.41, 5.74) is 9.89. The second kappa shape index (κ2) is 16.5. The van der Waals surface area contributed by atoms with Crippen molar-refractivity contribution in [1.82, 2.24) is 5.32 Å². The van der Waals surface area contributed by atoms with Crippen molar-refractivity contribution in [3.8, 4) is 0 Å². The Labute approximate surface area is 257 Å². The lowest BCUT2D eigenvalue weighted by molar-refractivity contribution is -0.220. The molecule has 0 radical (unpaired) electrons. The molecular formula is C27H34N4O12S. The molecule has 1 aromatic rings. The first-order valence-corrected chi connectivity index (χ1v) is 14.0. The number of carbonyl (C=O) groups excluding carboxylic acids is 6. The molecule has 0 spiro atoms. The number of rotatable bonds is 13. The summed E-state index contributed by atoms with van der Waals surface area (Å²) < 4.78 is 32.7. The van der Waals surface area contributed by atoms with E-state index < -0.39 is 84.3 Å². The topological polar surface area (TPSA) is 219 Å². The van der Waals surface area contributed by atoms with Gasteiger partial charge in [0, 0.05) is 43.9 Å². The largest absolute Gasteiger partial charge is 0.466 e. The van der Waals surface area contributed by atoms with Crippen molar-refractivity contribution in [3.63, 3.8) is 0 Å². The van der Waals surface area contributed by atoms with Crippen molar-refractivity contribution in [2.45, 2.75) is 81.3 Å². The number of thioether (sulfide) groups is 1. The van der Waals surface area contributed by atoms with Gasteiger partial charge in [-0.1, -0.05) is 34.6 Å². The van der Waals surface area contributed by atoms with Gasteiger partial charge in [-0.2, -0.15) is 0 Å². The van der Waals surface area contributed by atoms with Gasteiger partial charge in [0.2, 0.25) is 4.93 Å². The summed E-state index contributed by atoms with van der Waals surface area (Å²) in [6.45, 7) is 4.85. The number of aryl methyl sites for hydroxylation is 1. The fourth-order valence-corrected chi connectivity index (χ4v) is 5.62. The lowest BCUT2D eigenvalue weighted by Gasteiger charge is -2.48. The molecule has 0 bridgehead atoms. The van der Waals surface area contributed by atoms with Crippen LogP contribution in [0.3, 0.4) is 0 Å². The van der Waals surface area contributed by atoms with Crippen molar-refractivity contribution >= 4 is 47.5 Å². The monoisotopic (exact) mass is 638 g/mol. The van der Waals surface area contributed by atoms with Crippen LogP contribution in [0.4, 0.5) is 0 Å². The predicted molar refractivity (Wildman–Crippen MR) is 151 cm³/mol. The van der Waals surface area contributed by atoms with Crippen LogP contribution in [0.1, 0.15) is 39.7 Å². The van der Waals surface area contributed by atoms with Crippen LogP contribution in [0.25, 0.3) is 10.4 Å². The SMILES string of the molecule is COC(=O)[C@]1(Sc2ccc(C)cc2)C[C@H](OC(C)=O)[C@@H](NC(=O)COC(C)=O)[C@H]([C@H](OC(C)=O)[C@@H](CN=[N+]=[N-])OC(C)=O)O1. The normalized spacial score (nSPS) is 22.2. The number of nitrogens with one attached hydrogen (secondary N) is 1. The van der Waals surface area contributed by atoms with Crippen molar-refractivity contribution in [2.24, 2.45) is 5.11 Å². The average molecular weight is 639 g/mol. The Morgan fingerprint density at radius 3 is 2.20 bits per heavy atom. The van der Waals surface area contributed by atoms with Gasteiger partial charge in [-0.15, -0.1) is 0 Å². The van der Waals surface area contributed by atoms with Crippen LogP contribution < -0.4 is 5.32 Å². The number of carbonyl (C=O) groups is 6. The van der Waals surface area contributed by atoms with Crippen LogP contribution in [0.15, 0.2) is 34.3 Å². The van der Waals surface area contributed by atoms with Gasteiger partial charge in [-0.25, -0.2) is 4.79 Å². The highest BCUT2D eigenvalue weighted by atomic mass is 32.2. The molecule has 1 amide bonds. The Morgan fingerprint density at radius 2 is 1.68 bits per heavy atom. The third-order valence-electron chi connectivity index (χ3n) is 6.04. The van der Waals surface area contributed by atoms with Crippen molar-refractivity contribution in [2.75, 3.05) is 20.3 Å². The summed E-state index contributed by atoms with van der Waals surface area (Å²) >= 11 is 0.903. The Kier molecular flexibility index (Phi) is 13.4. The van der Waals surface area contributed by atoms with Crippen molar-refractivity contribution < 1.29 is 57.2 Å². The Morgan fingerprint density at radius 1 is 1.05 bits per heavy atom. The second-order valence-corrected chi connectivity index (χ2v) is 10.9. The van der Waals surface area contributed by atoms with Crippen LogP contribution >= 0.6 is 11.8 Å². The summed E-state index contributed by atoms with van der Waals surface area (Å²) in [6, 6.07) is 5.60. The number of nitrogens with zero attached hydrogens (tertiary/aromatic N) is 3. The maximum absolute atomic E-state index is 13.5. The molecule has 2 rings (SSSR count).